The maximum atomic E-state index is 12.3. The molecular weight excluding hydrogens is 334 g/mol. The number of carbonyl (C=O) groups is 2. The summed E-state index contributed by atoms with van der Waals surface area (Å²) in [5.74, 6) is -0.0545. The van der Waals surface area contributed by atoms with Crippen molar-refractivity contribution in [1.29, 1.82) is 0 Å². The summed E-state index contributed by atoms with van der Waals surface area (Å²) in [5.41, 5.74) is 0. The third kappa shape index (κ3) is 5.42. The van der Waals surface area contributed by atoms with Gasteiger partial charge in [-0.05, 0) is 12.8 Å². The minimum Gasteiger partial charge on any atom is -0.377 e. The lowest BCUT2D eigenvalue weighted by Crippen LogP contribution is -2.50. The number of amides is 2. The average Bonchev–Trinajstić information content (AvgIpc) is 3.03. The van der Waals surface area contributed by atoms with Crippen LogP contribution in [-0.2, 0) is 24.3 Å². The van der Waals surface area contributed by atoms with Gasteiger partial charge < -0.3 is 14.5 Å². The molecule has 0 saturated carbocycles. The van der Waals surface area contributed by atoms with Gasteiger partial charge in [0.05, 0.1) is 12.4 Å². The molecule has 0 aliphatic carbocycles. The van der Waals surface area contributed by atoms with Gasteiger partial charge in [0.1, 0.15) is 0 Å². The van der Waals surface area contributed by atoms with Crippen LogP contribution in [0.1, 0.15) is 26.2 Å². The Morgan fingerprint density at radius 3 is 2.29 bits per heavy atom. The summed E-state index contributed by atoms with van der Waals surface area (Å²) in [4.78, 5) is 27.0. The second-order valence-corrected chi connectivity index (χ2v) is 8.38. The first-order chi connectivity index (χ1) is 11.3. The molecule has 2 fully saturated rings. The highest BCUT2D eigenvalue weighted by Crippen LogP contribution is 2.15. The van der Waals surface area contributed by atoms with E-state index < -0.39 is 10.0 Å². The zero-order valence-electron chi connectivity index (χ0n) is 14.4. The SMILES string of the molecule is CC(=O)N1CCN(C(=O)CCN(CC2CCCO2)S(C)(=O)=O)CC1. The number of rotatable bonds is 6. The third-order valence-electron chi connectivity index (χ3n) is 4.55. The van der Waals surface area contributed by atoms with Crippen LogP contribution in [0.5, 0.6) is 0 Å². The van der Waals surface area contributed by atoms with Crippen molar-refractivity contribution in [3.05, 3.63) is 0 Å². The Bertz CT molecular complexity index is 551. The van der Waals surface area contributed by atoms with Crippen molar-refractivity contribution in [2.45, 2.75) is 32.3 Å². The van der Waals surface area contributed by atoms with Crippen LogP contribution in [0.2, 0.25) is 0 Å². The molecule has 2 heterocycles. The van der Waals surface area contributed by atoms with Gasteiger partial charge in [0.15, 0.2) is 0 Å². The van der Waals surface area contributed by atoms with E-state index in [1.807, 2.05) is 0 Å². The predicted octanol–water partition coefficient (Wildman–Crippen LogP) is -0.492. The van der Waals surface area contributed by atoms with Gasteiger partial charge in [0.2, 0.25) is 21.8 Å². The molecule has 9 heteroatoms. The highest BCUT2D eigenvalue weighted by atomic mass is 32.2. The van der Waals surface area contributed by atoms with E-state index in [2.05, 4.69) is 0 Å². The van der Waals surface area contributed by atoms with E-state index in [0.29, 0.717) is 39.3 Å². The molecule has 0 aromatic rings. The second kappa shape index (κ2) is 8.26. The smallest absolute Gasteiger partial charge is 0.224 e. The number of hydrogen-bond acceptors (Lipinski definition) is 5. The van der Waals surface area contributed by atoms with Crippen LogP contribution in [-0.4, -0.2) is 92.6 Å². The van der Waals surface area contributed by atoms with E-state index in [9.17, 15) is 18.0 Å². The maximum absolute atomic E-state index is 12.3. The summed E-state index contributed by atoms with van der Waals surface area (Å²) >= 11 is 0. The molecule has 0 N–H and O–H groups in total. The van der Waals surface area contributed by atoms with E-state index >= 15 is 0 Å². The molecule has 1 atom stereocenters. The van der Waals surface area contributed by atoms with Gasteiger partial charge in [-0.1, -0.05) is 0 Å². The minimum atomic E-state index is -3.37. The van der Waals surface area contributed by atoms with Gasteiger partial charge in [-0.3, -0.25) is 9.59 Å². The normalized spacial score (nSPS) is 22.2. The molecule has 2 rings (SSSR count). The summed E-state index contributed by atoms with van der Waals surface area (Å²) in [6, 6.07) is 0. The molecule has 1 unspecified atom stereocenters. The highest BCUT2D eigenvalue weighted by Gasteiger charge is 2.27. The monoisotopic (exact) mass is 361 g/mol. The lowest BCUT2D eigenvalue weighted by molar-refractivity contribution is -0.138. The molecule has 8 nitrogen and oxygen atoms in total. The molecule has 0 spiro atoms. The zero-order chi connectivity index (χ0) is 17.7. The first kappa shape index (κ1) is 19.1. The fourth-order valence-electron chi connectivity index (χ4n) is 3.06. The first-order valence-electron chi connectivity index (χ1n) is 8.37. The zero-order valence-corrected chi connectivity index (χ0v) is 15.3. The Morgan fingerprint density at radius 2 is 1.79 bits per heavy atom. The molecule has 2 aliphatic heterocycles. The predicted molar refractivity (Wildman–Crippen MR) is 88.8 cm³/mol. The van der Waals surface area contributed by atoms with Crippen LogP contribution in [0.15, 0.2) is 0 Å². The molecule has 0 radical (unpaired) electrons. The number of hydrogen-bond donors (Lipinski definition) is 0. The van der Waals surface area contributed by atoms with Crippen molar-refractivity contribution in [2.24, 2.45) is 0 Å². The van der Waals surface area contributed by atoms with Crippen LogP contribution in [0, 0.1) is 0 Å². The number of sulfonamides is 1. The largest absolute Gasteiger partial charge is 0.377 e. The number of nitrogens with zero attached hydrogens (tertiary/aromatic N) is 3. The highest BCUT2D eigenvalue weighted by molar-refractivity contribution is 7.88. The van der Waals surface area contributed by atoms with Crippen LogP contribution >= 0.6 is 0 Å². The van der Waals surface area contributed by atoms with Crippen molar-refractivity contribution >= 4 is 21.8 Å². The lowest BCUT2D eigenvalue weighted by Gasteiger charge is -2.34. The topological polar surface area (TPSA) is 87.2 Å². The molecule has 0 aromatic carbocycles. The lowest BCUT2D eigenvalue weighted by atomic mass is 10.2. The molecule has 2 saturated heterocycles. The van der Waals surface area contributed by atoms with Crippen molar-refractivity contribution in [3.63, 3.8) is 0 Å². The first-order valence-corrected chi connectivity index (χ1v) is 10.2. The van der Waals surface area contributed by atoms with Gasteiger partial charge in [-0.15, -0.1) is 0 Å². The average molecular weight is 361 g/mol. The van der Waals surface area contributed by atoms with E-state index in [0.717, 1.165) is 19.1 Å². The van der Waals surface area contributed by atoms with Gasteiger partial charge in [0.25, 0.3) is 0 Å². The molecule has 0 bridgehead atoms. The summed E-state index contributed by atoms with van der Waals surface area (Å²) < 4.78 is 30.7. The maximum Gasteiger partial charge on any atom is 0.224 e. The number of piperazine rings is 1. The van der Waals surface area contributed by atoms with E-state index in [1.54, 1.807) is 9.80 Å². The van der Waals surface area contributed by atoms with Crippen molar-refractivity contribution in [2.75, 3.05) is 52.1 Å². The third-order valence-corrected chi connectivity index (χ3v) is 5.82. The summed E-state index contributed by atoms with van der Waals surface area (Å²) in [6.45, 7) is 4.74. The van der Waals surface area contributed by atoms with Crippen molar-refractivity contribution in [3.8, 4) is 0 Å². The minimum absolute atomic E-state index is 0.0157. The molecular formula is C15H27N3O5S. The van der Waals surface area contributed by atoms with Crippen LogP contribution < -0.4 is 0 Å². The Morgan fingerprint density at radius 1 is 1.17 bits per heavy atom. The van der Waals surface area contributed by atoms with Gasteiger partial charge in [-0.25, -0.2) is 8.42 Å². The molecule has 24 heavy (non-hydrogen) atoms. The van der Waals surface area contributed by atoms with Crippen LogP contribution in [0.3, 0.4) is 0 Å². The quantitative estimate of drug-likeness (QED) is 0.637. The van der Waals surface area contributed by atoms with Crippen molar-refractivity contribution in [1.82, 2.24) is 14.1 Å². The van der Waals surface area contributed by atoms with Gasteiger partial charge in [0, 0.05) is 59.2 Å². The van der Waals surface area contributed by atoms with Crippen molar-refractivity contribution < 1.29 is 22.7 Å². The number of ether oxygens (including phenoxy) is 1. The second-order valence-electron chi connectivity index (χ2n) is 6.39. The van der Waals surface area contributed by atoms with Crippen LogP contribution in [0.25, 0.3) is 0 Å². The Kier molecular flexibility index (Phi) is 6.59. The standard InChI is InChI=1S/C15H27N3O5S/c1-13(19)16-7-9-17(10-8-16)15(20)5-6-18(24(2,21)22)12-14-4-3-11-23-14/h14H,3-12H2,1-2H3. The molecule has 2 aliphatic rings. The van der Waals surface area contributed by atoms with E-state index in [4.69, 9.17) is 4.74 Å². The molecule has 2 amide bonds. The summed E-state index contributed by atoms with van der Waals surface area (Å²) in [6.07, 6.45) is 3.04. The van der Waals surface area contributed by atoms with E-state index in [-0.39, 0.29) is 30.9 Å². The fourth-order valence-corrected chi connectivity index (χ4v) is 3.92. The van der Waals surface area contributed by atoms with Gasteiger partial charge >= 0.3 is 0 Å². The Hall–Kier alpha value is -1.19. The fraction of sp³-hybridized carbons (Fsp3) is 0.867. The molecule has 0 aromatic heterocycles. The number of carbonyl (C=O) groups excluding carboxylic acids is 2. The van der Waals surface area contributed by atoms with Gasteiger partial charge in [-0.2, -0.15) is 4.31 Å². The summed E-state index contributed by atoms with van der Waals surface area (Å²) in [5, 5.41) is 0. The van der Waals surface area contributed by atoms with Crippen LogP contribution in [0.4, 0.5) is 0 Å². The Balaban J connectivity index is 1.82. The Labute approximate surface area is 143 Å². The van der Waals surface area contributed by atoms with E-state index in [1.165, 1.54) is 11.2 Å². The summed E-state index contributed by atoms with van der Waals surface area (Å²) in [7, 11) is -3.37. The molecule has 138 valence electrons.